The highest BCUT2D eigenvalue weighted by atomic mass is 19.1. The summed E-state index contributed by atoms with van der Waals surface area (Å²) in [6.07, 6.45) is 0. The molecule has 0 aliphatic rings. The summed E-state index contributed by atoms with van der Waals surface area (Å²) in [6, 6.07) is 6.59. The monoisotopic (exact) mass is 233 g/mol. The Morgan fingerprint density at radius 1 is 1.24 bits per heavy atom. The number of nitrogens with one attached hydrogen (secondary N) is 1. The summed E-state index contributed by atoms with van der Waals surface area (Å²) in [5.74, 6) is 0.0473. The Bertz CT molecular complexity index is 538. The Balaban J connectivity index is 2.68. The maximum atomic E-state index is 13.8. The summed E-state index contributed by atoms with van der Waals surface area (Å²) < 4.78 is 13.8. The summed E-state index contributed by atoms with van der Waals surface area (Å²) in [7, 11) is 0. The minimum atomic E-state index is -0.286. The smallest absolute Gasteiger partial charge is 0.153 e. The van der Waals surface area contributed by atoms with Crippen LogP contribution in [0.15, 0.2) is 24.3 Å². The number of nitrogens with zero attached hydrogens (tertiary/aromatic N) is 1. The minimum Gasteiger partial charge on any atom is -0.382 e. The molecule has 0 bridgehead atoms. The van der Waals surface area contributed by atoms with E-state index in [1.165, 1.54) is 6.07 Å². The average molecular weight is 233 g/mol. The van der Waals surface area contributed by atoms with Crippen LogP contribution in [0.25, 0.3) is 11.1 Å². The molecule has 0 aliphatic carbocycles. The van der Waals surface area contributed by atoms with Gasteiger partial charge in [-0.15, -0.1) is 0 Å². The van der Waals surface area contributed by atoms with Crippen LogP contribution in [0.5, 0.6) is 0 Å². The second-order valence-corrected chi connectivity index (χ2v) is 5.09. The van der Waals surface area contributed by atoms with Crippen molar-refractivity contribution in [3.05, 3.63) is 35.8 Å². The second-order valence-electron chi connectivity index (χ2n) is 5.09. The highest BCUT2D eigenvalue weighted by molar-refractivity contribution is 5.77. The number of hydrogen-bond acceptors (Lipinski definition) is 2. The number of nitrogens with two attached hydrogens (primary N) is 1. The zero-order valence-electron chi connectivity index (χ0n) is 10.2. The SMILES string of the molecule is CC(C)(C)c1[nH]nc(N)c1-c1ccccc1F. The normalized spacial score (nSPS) is 11.8. The largest absolute Gasteiger partial charge is 0.382 e. The lowest BCUT2D eigenvalue weighted by Gasteiger charge is -2.18. The van der Waals surface area contributed by atoms with Crippen LogP contribution in [0.2, 0.25) is 0 Å². The van der Waals surface area contributed by atoms with Gasteiger partial charge in [-0.05, 0) is 6.07 Å². The van der Waals surface area contributed by atoms with E-state index < -0.39 is 0 Å². The molecular weight excluding hydrogens is 217 g/mol. The lowest BCUT2D eigenvalue weighted by Crippen LogP contribution is -2.13. The third kappa shape index (κ3) is 2.02. The molecule has 0 spiro atoms. The molecule has 3 nitrogen and oxygen atoms in total. The topological polar surface area (TPSA) is 54.7 Å². The van der Waals surface area contributed by atoms with Crippen LogP contribution in [0.1, 0.15) is 26.5 Å². The van der Waals surface area contributed by atoms with Gasteiger partial charge < -0.3 is 5.73 Å². The van der Waals surface area contributed by atoms with Crippen molar-refractivity contribution in [1.82, 2.24) is 10.2 Å². The molecular formula is C13H16FN3. The molecule has 2 rings (SSSR count). The molecule has 1 heterocycles. The maximum absolute atomic E-state index is 13.8. The van der Waals surface area contributed by atoms with Gasteiger partial charge in [-0.25, -0.2) is 4.39 Å². The number of hydrogen-bond donors (Lipinski definition) is 2. The predicted octanol–water partition coefficient (Wildman–Crippen LogP) is 3.10. The Hall–Kier alpha value is -1.84. The molecule has 0 saturated heterocycles. The van der Waals surface area contributed by atoms with E-state index in [1.807, 2.05) is 20.8 Å². The molecule has 17 heavy (non-hydrogen) atoms. The lowest BCUT2D eigenvalue weighted by molar-refractivity contribution is 0.567. The molecule has 0 aliphatic heterocycles. The summed E-state index contributed by atoms with van der Waals surface area (Å²) in [5.41, 5.74) is 7.66. The molecule has 4 heteroatoms. The van der Waals surface area contributed by atoms with Gasteiger partial charge in [0.15, 0.2) is 5.82 Å². The predicted molar refractivity (Wildman–Crippen MR) is 67.1 cm³/mol. The highest BCUT2D eigenvalue weighted by Gasteiger charge is 2.25. The molecule has 0 saturated carbocycles. The number of benzene rings is 1. The van der Waals surface area contributed by atoms with Crippen molar-refractivity contribution >= 4 is 5.82 Å². The van der Waals surface area contributed by atoms with Crippen molar-refractivity contribution in [1.29, 1.82) is 0 Å². The van der Waals surface area contributed by atoms with Crippen LogP contribution in [0, 0.1) is 5.82 Å². The standard InChI is InChI=1S/C13H16FN3/c1-13(2,3)11-10(12(15)17-16-11)8-6-4-5-7-9(8)14/h4-7H,1-3H3,(H3,15,16,17). The lowest BCUT2D eigenvalue weighted by atomic mass is 9.87. The molecule has 0 fully saturated rings. The first kappa shape index (κ1) is 11.6. The number of aromatic nitrogens is 2. The van der Waals surface area contributed by atoms with E-state index in [9.17, 15) is 4.39 Å². The van der Waals surface area contributed by atoms with Gasteiger partial charge >= 0.3 is 0 Å². The van der Waals surface area contributed by atoms with Crippen LogP contribution in [-0.4, -0.2) is 10.2 Å². The number of nitrogen functional groups attached to an aromatic ring is 1. The maximum Gasteiger partial charge on any atom is 0.153 e. The van der Waals surface area contributed by atoms with Crippen LogP contribution in [0.3, 0.4) is 0 Å². The third-order valence-corrected chi connectivity index (χ3v) is 2.69. The Labute approximate surface area is 99.9 Å². The number of anilines is 1. The van der Waals surface area contributed by atoms with Gasteiger partial charge in [-0.1, -0.05) is 39.0 Å². The first-order chi connectivity index (χ1) is 7.91. The van der Waals surface area contributed by atoms with E-state index in [0.29, 0.717) is 16.9 Å². The number of aromatic amines is 1. The fraction of sp³-hybridized carbons (Fsp3) is 0.308. The van der Waals surface area contributed by atoms with Crippen LogP contribution < -0.4 is 5.73 Å². The second kappa shape index (κ2) is 3.87. The molecule has 1 aromatic carbocycles. The van der Waals surface area contributed by atoms with Gasteiger partial charge in [-0.3, -0.25) is 5.10 Å². The zero-order valence-corrected chi connectivity index (χ0v) is 10.2. The van der Waals surface area contributed by atoms with Gasteiger partial charge in [0.2, 0.25) is 0 Å². The van der Waals surface area contributed by atoms with Gasteiger partial charge in [0.05, 0.1) is 11.3 Å². The molecule has 0 atom stereocenters. The van der Waals surface area contributed by atoms with Crippen LogP contribution >= 0.6 is 0 Å². The summed E-state index contributed by atoms with van der Waals surface area (Å²) in [6.45, 7) is 6.10. The quantitative estimate of drug-likeness (QED) is 0.795. The summed E-state index contributed by atoms with van der Waals surface area (Å²) in [4.78, 5) is 0. The Kier molecular flexibility index (Phi) is 2.65. The number of H-pyrrole nitrogens is 1. The molecule has 1 aromatic heterocycles. The molecule has 0 amide bonds. The van der Waals surface area contributed by atoms with Crippen molar-refractivity contribution in [2.75, 3.05) is 5.73 Å². The first-order valence-electron chi connectivity index (χ1n) is 5.50. The van der Waals surface area contributed by atoms with E-state index >= 15 is 0 Å². The molecule has 0 unspecified atom stereocenters. The van der Waals surface area contributed by atoms with Gasteiger partial charge in [0.25, 0.3) is 0 Å². The third-order valence-electron chi connectivity index (χ3n) is 2.69. The van der Waals surface area contributed by atoms with E-state index in [-0.39, 0.29) is 11.2 Å². The van der Waals surface area contributed by atoms with Gasteiger partial charge in [0, 0.05) is 11.0 Å². The zero-order chi connectivity index (χ0) is 12.6. The first-order valence-corrected chi connectivity index (χ1v) is 5.50. The van der Waals surface area contributed by atoms with E-state index in [4.69, 9.17) is 5.73 Å². The molecule has 90 valence electrons. The van der Waals surface area contributed by atoms with Crippen molar-refractivity contribution in [2.24, 2.45) is 0 Å². The van der Waals surface area contributed by atoms with E-state index in [0.717, 1.165) is 5.69 Å². The van der Waals surface area contributed by atoms with Crippen LogP contribution in [-0.2, 0) is 5.41 Å². The fourth-order valence-electron chi connectivity index (χ4n) is 1.84. The molecule has 3 N–H and O–H groups in total. The van der Waals surface area contributed by atoms with Crippen LogP contribution in [0.4, 0.5) is 10.2 Å². The van der Waals surface area contributed by atoms with Crippen molar-refractivity contribution in [3.8, 4) is 11.1 Å². The van der Waals surface area contributed by atoms with E-state index in [1.54, 1.807) is 18.2 Å². The van der Waals surface area contributed by atoms with Gasteiger partial charge in [0.1, 0.15) is 5.82 Å². The summed E-state index contributed by atoms with van der Waals surface area (Å²) in [5, 5.41) is 6.88. The molecule has 0 radical (unpaired) electrons. The van der Waals surface area contributed by atoms with Crippen molar-refractivity contribution < 1.29 is 4.39 Å². The minimum absolute atomic E-state index is 0.164. The fourth-order valence-corrected chi connectivity index (χ4v) is 1.84. The number of halogens is 1. The Morgan fingerprint density at radius 2 is 1.88 bits per heavy atom. The van der Waals surface area contributed by atoms with Gasteiger partial charge in [-0.2, -0.15) is 5.10 Å². The highest BCUT2D eigenvalue weighted by Crippen LogP contribution is 2.36. The summed E-state index contributed by atoms with van der Waals surface area (Å²) >= 11 is 0. The van der Waals surface area contributed by atoms with Crippen molar-refractivity contribution in [3.63, 3.8) is 0 Å². The van der Waals surface area contributed by atoms with E-state index in [2.05, 4.69) is 10.2 Å². The average Bonchev–Trinajstić information content (AvgIpc) is 2.60. The molecule has 2 aromatic rings. The number of rotatable bonds is 1. The Morgan fingerprint density at radius 3 is 2.47 bits per heavy atom. The van der Waals surface area contributed by atoms with Crippen molar-refractivity contribution in [2.45, 2.75) is 26.2 Å².